The molecule has 0 aliphatic rings. The van der Waals surface area contributed by atoms with Gasteiger partial charge in [0.1, 0.15) is 17.4 Å². The zero-order valence-corrected chi connectivity index (χ0v) is 28.7. The van der Waals surface area contributed by atoms with E-state index < -0.39 is 0 Å². The predicted octanol–water partition coefficient (Wildman–Crippen LogP) is 11.3. The number of rotatable bonds is 20. The molecular formula is C37H64N4O. The number of nitrogens with one attached hydrogen (secondary N) is 1. The summed E-state index contributed by atoms with van der Waals surface area (Å²) >= 11 is 0. The second-order valence-electron chi connectivity index (χ2n) is 14.5. The summed E-state index contributed by atoms with van der Waals surface area (Å²) in [5.41, 5.74) is 2.41. The highest BCUT2D eigenvalue weighted by Crippen LogP contribution is 2.41. The van der Waals surface area contributed by atoms with Gasteiger partial charge in [-0.15, -0.1) is 0 Å². The van der Waals surface area contributed by atoms with Gasteiger partial charge in [0.25, 0.3) is 0 Å². The minimum absolute atomic E-state index is 0.190. The Morgan fingerprint density at radius 2 is 0.905 bits per heavy atom. The van der Waals surface area contributed by atoms with Gasteiger partial charge in [0.2, 0.25) is 5.95 Å². The summed E-state index contributed by atoms with van der Waals surface area (Å²) in [6.07, 6.45) is 22.5. The fraction of sp³-hybridized carbons (Fsp3) is 0.757. The van der Waals surface area contributed by atoms with Crippen molar-refractivity contribution in [2.75, 3.05) is 5.32 Å². The fourth-order valence-corrected chi connectivity index (χ4v) is 5.56. The summed E-state index contributed by atoms with van der Waals surface area (Å²) in [4.78, 5) is 14.7. The molecule has 0 unspecified atom stereocenters. The topological polar surface area (TPSA) is 70.9 Å². The summed E-state index contributed by atoms with van der Waals surface area (Å²) in [6, 6.07) is 4.12. The number of aryl methyl sites for hydroxylation is 2. The first-order chi connectivity index (χ1) is 20.0. The van der Waals surface area contributed by atoms with Crippen molar-refractivity contribution >= 4 is 11.6 Å². The third-order valence-electron chi connectivity index (χ3n) is 8.22. The molecular weight excluding hydrogens is 516 g/mol. The lowest BCUT2D eigenvalue weighted by atomic mass is 9.79. The Morgan fingerprint density at radius 1 is 0.548 bits per heavy atom. The van der Waals surface area contributed by atoms with Crippen LogP contribution in [-0.2, 0) is 23.7 Å². The lowest BCUT2D eigenvalue weighted by Gasteiger charge is -2.28. The van der Waals surface area contributed by atoms with E-state index in [2.05, 4.69) is 72.8 Å². The third-order valence-corrected chi connectivity index (χ3v) is 8.22. The SMILES string of the molecule is CCCCCCCCCCc1nc(CCCCCCCCCC)nc(Nc2cc(C(C)(C)C)c(O)c(C(C)(C)C)c2)n1. The largest absolute Gasteiger partial charge is 0.507 e. The first-order valence-electron chi connectivity index (χ1n) is 17.3. The van der Waals surface area contributed by atoms with E-state index in [1.807, 2.05) is 0 Å². The Morgan fingerprint density at radius 3 is 1.26 bits per heavy atom. The Balaban J connectivity index is 2.16. The molecule has 238 valence electrons. The van der Waals surface area contributed by atoms with E-state index in [-0.39, 0.29) is 10.8 Å². The molecule has 0 radical (unpaired) electrons. The number of phenolic OH excluding ortho intramolecular Hbond substituents is 1. The summed E-state index contributed by atoms with van der Waals surface area (Å²) in [5, 5.41) is 14.7. The zero-order valence-electron chi connectivity index (χ0n) is 28.7. The molecule has 2 aromatic rings. The van der Waals surface area contributed by atoms with Crippen LogP contribution in [0, 0.1) is 0 Å². The summed E-state index contributed by atoms with van der Waals surface area (Å²) < 4.78 is 0. The number of anilines is 2. The van der Waals surface area contributed by atoms with Gasteiger partial charge in [-0.3, -0.25) is 0 Å². The van der Waals surface area contributed by atoms with Crippen LogP contribution in [0.15, 0.2) is 12.1 Å². The summed E-state index contributed by atoms with van der Waals surface area (Å²) in [5.74, 6) is 2.82. The van der Waals surface area contributed by atoms with Gasteiger partial charge < -0.3 is 10.4 Å². The normalized spacial score (nSPS) is 12.2. The van der Waals surface area contributed by atoms with E-state index >= 15 is 0 Å². The number of aromatic nitrogens is 3. The molecule has 0 fully saturated rings. The van der Waals surface area contributed by atoms with Crippen LogP contribution in [0.1, 0.15) is 181 Å². The van der Waals surface area contributed by atoms with Crippen molar-refractivity contribution < 1.29 is 5.11 Å². The molecule has 0 atom stereocenters. The standard InChI is InChI=1S/C37H64N4O/c1-9-11-13-15-17-19-21-23-25-32-39-33(26-24-22-20-18-16-14-12-10-2)41-35(40-32)38-29-27-30(36(3,4)5)34(42)31(28-29)37(6,7)8/h27-28,42H,9-26H2,1-8H3,(H,38,39,40,41). The highest BCUT2D eigenvalue weighted by Gasteiger charge is 2.27. The molecule has 0 bridgehead atoms. The maximum absolute atomic E-state index is 11.2. The molecule has 1 heterocycles. The first-order valence-corrected chi connectivity index (χ1v) is 17.3. The molecule has 0 saturated carbocycles. The van der Waals surface area contributed by atoms with Gasteiger partial charge in [0, 0.05) is 29.7 Å². The van der Waals surface area contributed by atoms with Crippen LogP contribution >= 0.6 is 0 Å². The molecule has 0 spiro atoms. The van der Waals surface area contributed by atoms with Crippen LogP contribution in [0.3, 0.4) is 0 Å². The number of benzene rings is 1. The number of aromatic hydroxyl groups is 1. The maximum atomic E-state index is 11.2. The Bertz CT molecular complexity index is 962. The minimum Gasteiger partial charge on any atom is -0.507 e. The molecule has 5 heteroatoms. The van der Waals surface area contributed by atoms with E-state index in [0.717, 1.165) is 54.1 Å². The zero-order chi connectivity index (χ0) is 31.0. The van der Waals surface area contributed by atoms with Gasteiger partial charge in [-0.1, -0.05) is 145 Å². The van der Waals surface area contributed by atoms with Crippen LogP contribution in [0.4, 0.5) is 11.6 Å². The molecule has 1 aromatic carbocycles. The molecule has 0 amide bonds. The number of hydrogen-bond donors (Lipinski definition) is 2. The average molecular weight is 581 g/mol. The van der Waals surface area contributed by atoms with Gasteiger partial charge in [0.15, 0.2) is 0 Å². The summed E-state index contributed by atoms with van der Waals surface area (Å²) in [6.45, 7) is 17.4. The molecule has 2 rings (SSSR count). The van der Waals surface area contributed by atoms with Crippen molar-refractivity contribution in [1.29, 1.82) is 0 Å². The van der Waals surface area contributed by atoms with Crippen molar-refractivity contribution in [3.63, 3.8) is 0 Å². The molecule has 2 N–H and O–H groups in total. The van der Waals surface area contributed by atoms with Gasteiger partial charge >= 0.3 is 0 Å². The van der Waals surface area contributed by atoms with Crippen LogP contribution in [0.25, 0.3) is 0 Å². The lowest BCUT2D eigenvalue weighted by molar-refractivity contribution is 0.423. The molecule has 5 nitrogen and oxygen atoms in total. The van der Waals surface area contributed by atoms with Crippen molar-refractivity contribution in [1.82, 2.24) is 15.0 Å². The molecule has 0 saturated heterocycles. The van der Waals surface area contributed by atoms with Crippen molar-refractivity contribution in [2.45, 2.75) is 182 Å². The van der Waals surface area contributed by atoms with E-state index in [4.69, 9.17) is 15.0 Å². The quantitative estimate of drug-likeness (QED) is 0.120. The second kappa shape index (κ2) is 18.5. The van der Waals surface area contributed by atoms with Gasteiger partial charge in [-0.25, -0.2) is 4.98 Å². The van der Waals surface area contributed by atoms with Gasteiger partial charge in [0.05, 0.1) is 0 Å². The average Bonchev–Trinajstić information content (AvgIpc) is 2.91. The van der Waals surface area contributed by atoms with Crippen LogP contribution < -0.4 is 5.32 Å². The molecule has 0 aliphatic heterocycles. The third kappa shape index (κ3) is 13.4. The van der Waals surface area contributed by atoms with Crippen molar-refractivity contribution in [2.24, 2.45) is 0 Å². The fourth-order valence-electron chi connectivity index (χ4n) is 5.56. The molecule has 0 aliphatic carbocycles. The highest BCUT2D eigenvalue weighted by atomic mass is 16.3. The maximum Gasteiger partial charge on any atom is 0.230 e. The van der Waals surface area contributed by atoms with E-state index in [0.29, 0.717) is 11.7 Å². The monoisotopic (exact) mass is 581 g/mol. The van der Waals surface area contributed by atoms with Crippen LogP contribution in [-0.4, -0.2) is 20.1 Å². The Kier molecular flexibility index (Phi) is 15.9. The Labute approximate surface area is 259 Å². The van der Waals surface area contributed by atoms with Crippen molar-refractivity contribution in [3.8, 4) is 5.75 Å². The Hall–Kier alpha value is -2.17. The molecule has 1 aromatic heterocycles. The number of hydrogen-bond acceptors (Lipinski definition) is 5. The number of unbranched alkanes of at least 4 members (excludes halogenated alkanes) is 14. The lowest BCUT2D eigenvalue weighted by Crippen LogP contribution is -2.18. The minimum atomic E-state index is -0.190. The van der Waals surface area contributed by atoms with Crippen LogP contribution in [0.5, 0.6) is 5.75 Å². The first kappa shape index (κ1) is 36.0. The van der Waals surface area contributed by atoms with E-state index in [1.54, 1.807) is 0 Å². The number of phenols is 1. The smallest absolute Gasteiger partial charge is 0.230 e. The van der Waals surface area contributed by atoms with E-state index in [1.165, 1.54) is 89.9 Å². The summed E-state index contributed by atoms with van der Waals surface area (Å²) in [7, 11) is 0. The predicted molar refractivity (Wildman–Crippen MR) is 181 cm³/mol. The molecule has 42 heavy (non-hydrogen) atoms. The number of nitrogens with zero attached hydrogens (tertiary/aromatic N) is 3. The van der Waals surface area contributed by atoms with E-state index in [9.17, 15) is 5.11 Å². The highest BCUT2D eigenvalue weighted by molar-refractivity contribution is 5.62. The van der Waals surface area contributed by atoms with Crippen molar-refractivity contribution in [3.05, 3.63) is 34.9 Å². The second-order valence-corrected chi connectivity index (χ2v) is 14.5. The van der Waals surface area contributed by atoms with Gasteiger partial charge in [-0.05, 0) is 35.8 Å². The van der Waals surface area contributed by atoms with Gasteiger partial charge in [-0.2, -0.15) is 9.97 Å². The van der Waals surface area contributed by atoms with Crippen LogP contribution in [0.2, 0.25) is 0 Å².